The van der Waals surface area contributed by atoms with Crippen LogP contribution in [0.4, 0.5) is 0 Å². The van der Waals surface area contributed by atoms with Gasteiger partial charge in [-0.05, 0) is 79.3 Å². The first-order valence-corrected chi connectivity index (χ1v) is 11.9. The van der Waals surface area contributed by atoms with Crippen LogP contribution in [0.5, 0.6) is 0 Å². The Labute approximate surface area is 177 Å². The molecule has 0 aromatic heterocycles. The summed E-state index contributed by atoms with van der Waals surface area (Å²) in [6.07, 6.45) is 11.5. The molecule has 2 fully saturated rings. The van der Waals surface area contributed by atoms with Crippen molar-refractivity contribution < 1.29 is 4.79 Å². The van der Waals surface area contributed by atoms with Crippen LogP contribution in [0.1, 0.15) is 84.6 Å². The van der Waals surface area contributed by atoms with Crippen molar-refractivity contribution in [1.29, 1.82) is 0 Å². The van der Waals surface area contributed by atoms with Gasteiger partial charge in [-0.15, -0.1) is 0 Å². The average molecular weight is 391 g/mol. The second-order valence-corrected chi connectivity index (χ2v) is 10.1. The van der Waals surface area contributed by atoms with Crippen LogP contribution in [0.3, 0.4) is 0 Å². The first-order chi connectivity index (χ1) is 13.9. The molecular weight excluding hydrogens is 352 g/mol. The van der Waals surface area contributed by atoms with Crippen molar-refractivity contribution in [2.75, 3.05) is 0 Å². The van der Waals surface area contributed by atoms with Gasteiger partial charge in [0.05, 0.1) is 0 Å². The van der Waals surface area contributed by atoms with Crippen molar-refractivity contribution in [2.45, 2.75) is 79.1 Å². The number of allylic oxidation sites excluding steroid dienone is 4. The normalized spacial score (nSPS) is 40.5. The molecule has 1 heteroatoms. The maximum absolute atomic E-state index is 12.4. The van der Waals surface area contributed by atoms with E-state index in [2.05, 4.69) is 63.3 Å². The molecule has 5 rings (SSSR count). The van der Waals surface area contributed by atoms with E-state index in [1.807, 2.05) is 13.8 Å². The summed E-state index contributed by atoms with van der Waals surface area (Å²) in [5, 5.41) is 0. The Hall–Kier alpha value is -1.63. The van der Waals surface area contributed by atoms with E-state index >= 15 is 0 Å². The van der Waals surface area contributed by atoms with E-state index in [0.29, 0.717) is 17.1 Å². The summed E-state index contributed by atoms with van der Waals surface area (Å²) in [6.45, 7) is 11.4. The molecule has 4 aliphatic carbocycles. The largest absolute Gasteiger partial charge is 0.295 e. The molecule has 0 aliphatic heterocycles. The maximum Gasteiger partial charge on any atom is 0.155 e. The summed E-state index contributed by atoms with van der Waals surface area (Å²) in [5.74, 6) is 3.08. The number of carbonyl (C=O) groups is 1. The molecule has 0 amide bonds. The van der Waals surface area contributed by atoms with E-state index in [0.717, 1.165) is 30.6 Å². The third-order valence-electron chi connectivity index (χ3n) is 9.18. The van der Waals surface area contributed by atoms with Gasteiger partial charge >= 0.3 is 0 Å². The van der Waals surface area contributed by atoms with Crippen molar-refractivity contribution in [3.05, 3.63) is 59.2 Å². The Bertz CT molecular complexity index is 831. The Balaban J connectivity index is 0.000000994. The van der Waals surface area contributed by atoms with Crippen molar-refractivity contribution in [1.82, 2.24) is 0 Å². The van der Waals surface area contributed by atoms with Crippen LogP contribution < -0.4 is 0 Å². The van der Waals surface area contributed by atoms with Crippen LogP contribution in [0, 0.1) is 28.6 Å². The summed E-state index contributed by atoms with van der Waals surface area (Å²) in [6, 6.07) is 11.0. The number of benzene rings is 1. The van der Waals surface area contributed by atoms with Gasteiger partial charge in [0.15, 0.2) is 5.78 Å². The molecule has 6 atom stereocenters. The van der Waals surface area contributed by atoms with Gasteiger partial charge in [-0.2, -0.15) is 0 Å². The molecule has 1 aromatic rings. The van der Waals surface area contributed by atoms with Crippen LogP contribution in [0.2, 0.25) is 0 Å². The predicted molar refractivity (Wildman–Crippen MR) is 122 cm³/mol. The SMILES string of the molecule is CC.CC1=CCC2C3CC(c4ccccc4)C4=CC(=O)CCC4(C)[C@H]3CCC12C. The number of hydrogen-bond donors (Lipinski definition) is 0. The van der Waals surface area contributed by atoms with Crippen LogP contribution >= 0.6 is 0 Å². The quantitative estimate of drug-likeness (QED) is 0.454. The van der Waals surface area contributed by atoms with E-state index in [9.17, 15) is 4.79 Å². The zero-order valence-corrected chi connectivity index (χ0v) is 19.0. The molecule has 1 aromatic carbocycles. The van der Waals surface area contributed by atoms with E-state index in [-0.39, 0.29) is 5.41 Å². The van der Waals surface area contributed by atoms with E-state index in [4.69, 9.17) is 0 Å². The summed E-state index contributed by atoms with van der Waals surface area (Å²) >= 11 is 0. The molecule has 0 N–H and O–H groups in total. The molecule has 0 radical (unpaired) electrons. The van der Waals surface area contributed by atoms with Crippen LogP contribution in [-0.4, -0.2) is 5.78 Å². The highest BCUT2D eigenvalue weighted by Gasteiger charge is 2.58. The topological polar surface area (TPSA) is 17.1 Å². The number of rotatable bonds is 1. The van der Waals surface area contributed by atoms with E-state index < -0.39 is 0 Å². The first kappa shape index (κ1) is 20.6. The lowest BCUT2D eigenvalue weighted by Crippen LogP contribution is -2.51. The minimum atomic E-state index is 0.204. The average Bonchev–Trinajstić information content (AvgIpc) is 3.05. The molecule has 0 bridgehead atoms. The molecule has 5 unspecified atom stereocenters. The fourth-order valence-corrected chi connectivity index (χ4v) is 7.42. The molecule has 1 nitrogen and oxygen atoms in total. The summed E-state index contributed by atoms with van der Waals surface area (Å²) < 4.78 is 0. The molecule has 29 heavy (non-hydrogen) atoms. The minimum absolute atomic E-state index is 0.204. The van der Waals surface area contributed by atoms with Crippen LogP contribution in [0.15, 0.2) is 53.6 Å². The van der Waals surface area contributed by atoms with Crippen LogP contribution in [0.25, 0.3) is 0 Å². The van der Waals surface area contributed by atoms with Crippen molar-refractivity contribution in [3.8, 4) is 0 Å². The molecule has 0 heterocycles. The maximum atomic E-state index is 12.4. The fraction of sp³-hybridized carbons (Fsp3) is 0.607. The van der Waals surface area contributed by atoms with Gasteiger partial charge in [0.25, 0.3) is 0 Å². The Kier molecular flexibility index (Phi) is 5.38. The van der Waals surface area contributed by atoms with E-state index in [1.165, 1.54) is 36.8 Å². The summed E-state index contributed by atoms with van der Waals surface area (Å²) in [7, 11) is 0. The molecule has 0 spiro atoms. The lowest BCUT2D eigenvalue weighted by Gasteiger charge is -2.59. The Morgan fingerprint density at radius 1 is 0.966 bits per heavy atom. The highest BCUT2D eigenvalue weighted by molar-refractivity contribution is 5.92. The first-order valence-electron chi connectivity index (χ1n) is 11.9. The summed E-state index contributed by atoms with van der Waals surface area (Å²) in [4.78, 5) is 12.4. The lowest BCUT2D eigenvalue weighted by molar-refractivity contribution is -0.117. The zero-order valence-electron chi connectivity index (χ0n) is 19.0. The van der Waals surface area contributed by atoms with Crippen molar-refractivity contribution in [3.63, 3.8) is 0 Å². The van der Waals surface area contributed by atoms with Gasteiger partial charge in [-0.1, -0.05) is 75.2 Å². The second-order valence-electron chi connectivity index (χ2n) is 10.1. The third kappa shape index (κ3) is 3.07. The number of fused-ring (bicyclic) bond motifs is 5. The predicted octanol–water partition coefficient (Wildman–Crippen LogP) is 7.49. The number of ketones is 1. The smallest absolute Gasteiger partial charge is 0.155 e. The zero-order chi connectivity index (χ0) is 20.8. The van der Waals surface area contributed by atoms with Gasteiger partial charge in [0, 0.05) is 12.3 Å². The van der Waals surface area contributed by atoms with Crippen LogP contribution in [-0.2, 0) is 4.79 Å². The molecule has 156 valence electrons. The van der Waals surface area contributed by atoms with Gasteiger partial charge in [-0.3, -0.25) is 4.79 Å². The van der Waals surface area contributed by atoms with Gasteiger partial charge in [-0.25, -0.2) is 0 Å². The van der Waals surface area contributed by atoms with Crippen molar-refractivity contribution in [2.24, 2.45) is 28.6 Å². The van der Waals surface area contributed by atoms with E-state index in [1.54, 1.807) is 5.57 Å². The Morgan fingerprint density at radius 3 is 2.41 bits per heavy atom. The van der Waals surface area contributed by atoms with Gasteiger partial charge in [0.2, 0.25) is 0 Å². The monoisotopic (exact) mass is 390 g/mol. The van der Waals surface area contributed by atoms with Crippen molar-refractivity contribution >= 4 is 5.78 Å². The third-order valence-corrected chi connectivity index (χ3v) is 9.18. The molecule has 2 saturated carbocycles. The molecule has 4 aliphatic rings. The summed E-state index contributed by atoms with van der Waals surface area (Å²) in [5.41, 5.74) is 5.11. The highest BCUT2D eigenvalue weighted by atomic mass is 16.1. The molecule has 0 saturated heterocycles. The van der Waals surface area contributed by atoms with Gasteiger partial charge in [0.1, 0.15) is 0 Å². The highest BCUT2D eigenvalue weighted by Crippen LogP contribution is 2.67. The van der Waals surface area contributed by atoms with Gasteiger partial charge < -0.3 is 0 Å². The minimum Gasteiger partial charge on any atom is -0.295 e. The lowest BCUT2D eigenvalue weighted by atomic mass is 9.44. The second kappa shape index (κ2) is 7.56. The number of hydrogen-bond acceptors (Lipinski definition) is 1. The number of carbonyl (C=O) groups excluding carboxylic acids is 1. The fourth-order valence-electron chi connectivity index (χ4n) is 7.42. The molecular formula is C28H38O. The standard InChI is InChI=1S/C26H32O.C2H6/c1-17-9-10-22-21-16-20(18-7-5-4-6-8-18)24-15-19(27)11-13-26(24,3)23(21)12-14-25(17,22)2;1-2/h4-9,15,20-23H,10-14,16H2,1-3H3;1-2H3/t20?,21?,22?,23-,25?,26?;/m0./s1. The Morgan fingerprint density at radius 2 is 1.69 bits per heavy atom.